The van der Waals surface area contributed by atoms with Crippen LogP contribution in [0.3, 0.4) is 0 Å². The number of nitrogens with one attached hydrogen (secondary N) is 1. The lowest BCUT2D eigenvalue weighted by molar-refractivity contribution is 0.0240. The predicted molar refractivity (Wildman–Crippen MR) is 245 cm³/mol. The van der Waals surface area contributed by atoms with Crippen molar-refractivity contribution in [2.75, 3.05) is 50.9 Å². The van der Waals surface area contributed by atoms with E-state index in [1.165, 1.54) is 0 Å². The van der Waals surface area contributed by atoms with Crippen LogP contribution in [0.4, 0.5) is 10.5 Å². The SMILES string of the molecule is CCOC(=O)c1[nH]c2c(-c3c(COc4ccc(N5CCN(C(=O)OC(C)(C)C)CC5)cc4)nn(C)c3C=CCCCCO)cccc2c1CCCOc1cccc2ccccc12. The zero-order valence-corrected chi connectivity index (χ0v) is 36.6. The minimum atomic E-state index is -0.527. The number of unbranched alkanes of at least 4 members (excludes halogenated alkanes) is 2. The van der Waals surface area contributed by atoms with Crippen molar-refractivity contribution in [2.45, 2.75) is 72.0 Å². The number of aromatic nitrogens is 3. The molecule has 12 nitrogen and oxygen atoms in total. The van der Waals surface area contributed by atoms with Gasteiger partial charge in [0.25, 0.3) is 0 Å². The van der Waals surface area contributed by atoms with Crippen LogP contribution >= 0.6 is 0 Å². The molecule has 1 saturated heterocycles. The Labute approximate surface area is 364 Å². The van der Waals surface area contributed by atoms with E-state index in [0.717, 1.165) is 80.5 Å². The fraction of sp³-hybridized carbons (Fsp3) is 0.380. The fourth-order valence-corrected chi connectivity index (χ4v) is 8.00. The second-order valence-electron chi connectivity index (χ2n) is 16.5. The minimum absolute atomic E-state index is 0.160. The molecule has 4 aromatic carbocycles. The highest BCUT2D eigenvalue weighted by Gasteiger charge is 2.27. The molecule has 0 aliphatic carbocycles. The quantitative estimate of drug-likeness (QED) is 0.0681. The summed E-state index contributed by atoms with van der Waals surface area (Å²) < 4.78 is 25.8. The molecule has 1 fully saturated rings. The number of aryl methyl sites for hydroxylation is 2. The largest absolute Gasteiger partial charge is 0.493 e. The van der Waals surface area contributed by atoms with Crippen molar-refractivity contribution in [2.24, 2.45) is 7.05 Å². The van der Waals surface area contributed by atoms with Crippen molar-refractivity contribution in [3.05, 3.63) is 114 Å². The number of carbonyl (C=O) groups excluding carboxylic acids is 2. The van der Waals surface area contributed by atoms with E-state index in [0.29, 0.717) is 57.1 Å². The highest BCUT2D eigenvalue weighted by molar-refractivity contribution is 6.04. The second kappa shape index (κ2) is 20.1. The van der Waals surface area contributed by atoms with Crippen LogP contribution in [0.1, 0.15) is 80.8 Å². The fourth-order valence-electron chi connectivity index (χ4n) is 8.00. The van der Waals surface area contributed by atoms with Crippen molar-refractivity contribution in [3.63, 3.8) is 0 Å². The molecule has 62 heavy (non-hydrogen) atoms. The number of amides is 1. The van der Waals surface area contributed by atoms with Crippen LogP contribution in [0, 0.1) is 0 Å². The Hall–Kier alpha value is -6.27. The first kappa shape index (κ1) is 43.8. The Morgan fingerprint density at radius 2 is 1.61 bits per heavy atom. The molecule has 12 heteroatoms. The van der Waals surface area contributed by atoms with Gasteiger partial charge in [-0.15, -0.1) is 0 Å². The maximum atomic E-state index is 13.5. The van der Waals surface area contributed by atoms with Gasteiger partial charge in [-0.1, -0.05) is 60.7 Å². The molecular weight excluding hydrogens is 783 g/mol. The van der Waals surface area contributed by atoms with Crippen LogP contribution in [0.5, 0.6) is 11.5 Å². The van der Waals surface area contributed by atoms with Crippen molar-refractivity contribution in [1.82, 2.24) is 19.7 Å². The summed E-state index contributed by atoms with van der Waals surface area (Å²) in [5, 5.41) is 17.5. The van der Waals surface area contributed by atoms with Gasteiger partial charge in [0.15, 0.2) is 0 Å². The number of carbonyl (C=O) groups is 2. The monoisotopic (exact) mass is 841 g/mol. The molecule has 2 aromatic heterocycles. The number of benzene rings is 4. The number of ether oxygens (including phenoxy) is 4. The topological polar surface area (TPSA) is 131 Å². The van der Waals surface area contributed by atoms with Crippen molar-refractivity contribution in [3.8, 4) is 22.6 Å². The van der Waals surface area contributed by atoms with Crippen molar-refractivity contribution in [1.29, 1.82) is 0 Å². The number of para-hydroxylation sites is 1. The summed E-state index contributed by atoms with van der Waals surface area (Å²) >= 11 is 0. The van der Waals surface area contributed by atoms with E-state index in [1.807, 2.05) is 94.0 Å². The van der Waals surface area contributed by atoms with Gasteiger partial charge in [0.1, 0.15) is 35.1 Å². The van der Waals surface area contributed by atoms with E-state index in [2.05, 4.69) is 52.4 Å². The van der Waals surface area contributed by atoms with Gasteiger partial charge >= 0.3 is 12.1 Å². The highest BCUT2D eigenvalue weighted by Crippen LogP contribution is 2.38. The number of piperazine rings is 1. The zero-order valence-electron chi connectivity index (χ0n) is 36.6. The number of aliphatic hydroxyl groups is 1. The van der Waals surface area contributed by atoms with E-state index in [1.54, 1.807) is 4.90 Å². The Balaban J connectivity index is 1.13. The predicted octanol–water partition coefficient (Wildman–Crippen LogP) is 9.72. The van der Waals surface area contributed by atoms with Crippen molar-refractivity contribution < 1.29 is 33.6 Å². The minimum Gasteiger partial charge on any atom is -0.493 e. The van der Waals surface area contributed by atoms with E-state index in [-0.39, 0.29) is 25.9 Å². The molecule has 326 valence electrons. The summed E-state index contributed by atoms with van der Waals surface area (Å²) in [6.45, 7) is 11.1. The number of aromatic amines is 1. The van der Waals surface area contributed by atoms with Crippen LogP contribution in [0.2, 0.25) is 0 Å². The summed E-state index contributed by atoms with van der Waals surface area (Å²) in [5.74, 6) is 1.14. The number of aliphatic hydroxyl groups excluding tert-OH is 1. The summed E-state index contributed by atoms with van der Waals surface area (Å²) in [5.41, 5.74) is 6.12. The number of allylic oxidation sites excluding steroid dienone is 1. The number of rotatable bonds is 17. The van der Waals surface area contributed by atoms with Gasteiger partial charge in [-0.3, -0.25) is 4.68 Å². The smallest absolute Gasteiger partial charge is 0.410 e. The molecule has 0 saturated carbocycles. The van der Waals surface area contributed by atoms with E-state index >= 15 is 0 Å². The van der Waals surface area contributed by atoms with E-state index in [9.17, 15) is 14.7 Å². The molecule has 0 spiro atoms. The highest BCUT2D eigenvalue weighted by atomic mass is 16.6. The van der Waals surface area contributed by atoms with Crippen LogP contribution in [-0.2, 0) is 29.5 Å². The standard InChI is InChI=1S/C50H59N5O7/c1-6-59-48(57)47-40(21-15-33-60-44-23-13-17-35-16-10-11-18-38(35)44)39-19-14-20-41(46(39)51-47)45-42(52-53(5)43(45)22-9-7-8-12-32-56)34-61-37-26-24-36(25-27-37)54-28-30-55(31-29-54)49(58)62-50(2,3)4/h9-11,13-14,16-20,22-27,51,56H,6-8,12,15,21,28-34H2,1-5H3. The van der Waals surface area contributed by atoms with Crippen molar-refractivity contribution >= 4 is 45.5 Å². The molecule has 0 unspecified atom stereocenters. The van der Waals surface area contributed by atoms with Gasteiger partial charge in [0.05, 0.1) is 24.4 Å². The first-order chi connectivity index (χ1) is 30.0. The number of nitrogens with zero attached hydrogens (tertiary/aromatic N) is 4. The first-order valence-electron chi connectivity index (χ1n) is 21.7. The number of anilines is 1. The maximum Gasteiger partial charge on any atom is 0.410 e. The third-order valence-corrected chi connectivity index (χ3v) is 11.0. The third kappa shape index (κ3) is 10.4. The second-order valence-corrected chi connectivity index (χ2v) is 16.5. The van der Waals surface area contributed by atoms with Gasteiger partial charge in [0.2, 0.25) is 0 Å². The summed E-state index contributed by atoms with van der Waals surface area (Å²) in [6.07, 6.45) is 7.61. The molecule has 0 radical (unpaired) electrons. The third-order valence-electron chi connectivity index (χ3n) is 11.0. The molecular formula is C50H59N5O7. The summed E-state index contributed by atoms with van der Waals surface area (Å²) in [4.78, 5) is 33.7. The lowest BCUT2D eigenvalue weighted by Gasteiger charge is -2.36. The average Bonchev–Trinajstić information content (AvgIpc) is 3.80. The van der Waals surface area contributed by atoms with E-state index in [4.69, 9.17) is 24.0 Å². The lowest BCUT2D eigenvalue weighted by atomic mass is 9.97. The van der Waals surface area contributed by atoms with Crippen LogP contribution < -0.4 is 14.4 Å². The van der Waals surface area contributed by atoms with Crippen LogP contribution in [0.25, 0.3) is 38.9 Å². The summed E-state index contributed by atoms with van der Waals surface area (Å²) in [7, 11) is 1.93. The number of H-pyrrole nitrogens is 1. The van der Waals surface area contributed by atoms with E-state index < -0.39 is 11.6 Å². The Bertz CT molecular complexity index is 2480. The maximum absolute atomic E-state index is 13.5. The molecule has 6 aromatic rings. The number of hydrogen-bond acceptors (Lipinski definition) is 9. The summed E-state index contributed by atoms with van der Waals surface area (Å²) in [6, 6.07) is 28.4. The zero-order chi connectivity index (χ0) is 43.6. The van der Waals surface area contributed by atoms with Gasteiger partial charge in [-0.05, 0) is 107 Å². The normalized spacial score (nSPS) is 13.3. The molecule has 1 aliphatic rings. The molecule has 1 aliphatic heterocycles. The number of esters is 1. The van der Waals surface area contributed by atoms with Gasteiger partial charge in [-0.2, -0.15) is 5.10 Å². The van der Waals surface area contributed by atoms with Gasteiger partial charge in [0, 0.05) is 67.4 Å². The Kier molecular flexibility index (Phi) is 14.2. The average molecular weight is 842 g/mol. The first-order valence-corrected chi connectivity index (χ1v) is 21.7. The number of fused-ring (bicyclic) bond motifs is 2. The van der Waals surface area contributed by atoms with Gasteiger partial charge < -0.3 is 38.8 Å². The molecule has 3 heterocycles. The molecule has 0 atom stereocenters. The lowest BCUT2D eigenvalue weighted by Crippen LogP contribution is -2.50. The van der Waals surface area contributed by atoms with Crippen LogP contribution in [-0.4, -0.2) is 88.4 Å². The molecule has 2 N–H and O–H groups in total. The Morgan fingerprint density at radius 3 is 2.37 bits per heavy atom. The van der Waals surface area contributed by atoms with Gasteiger partial charge in [-0.25, -0.2) is 9.59 Å². The molecule has 7 rings (SSSR count). The number of hydrogen-bond donors (Lipinski definition) is 2. The Morgan fingerprint density at radius 1 is 0.871 bits per heavy atom. The molecule has 1 amide bonds. The van der Waals surface area contributed by atoms with Crippen LogP contribution in [0.15, 0.2) is 91.0 Å². The molecule has 0 bridgehead atoms.